The molecule has 0 aliphatic rings. The molecular formula is C24H21ClN2O2S2. The van der Waals surface area contributed by atoms with E-state index in [9.17, 15) is 13.7 Å². The Morgan fingerprint density at radius 3 is 2.19 bits per heavy atom. The molecule has 4 nitrogen and oxygen atoms in total. The van der Waals surface area contributed by atoms with Crippen molar-refractivity contribution >= 4 is 38.9 Å². The molecule has 3 aromatic carbocycles. The summed E-state index contributed by atoms with van der Waals surface area (Å²) in [4.78, 5) is -0.227. The number of allylic oxidation sites excluding steroid dienone is 1. The molecular weight excluding hydrogens is 448 g/mol. The predicted octanol–water partition coefficient (Wildman–Crippen LogP) is 6.47. The molecule has 0 unspecified atom stereocenters. The highest BCUT2D eigenvalue weighted by Gasteiger charge is 2.25. The van der Waals surface area contributed by atoms with Gasteiger partial charge in [-0.2, -0.15) is 5.26 Å². The summed E-state index contributed by atoms with van der Waals surface area (Å²) in [6.07, 6.45) is 0. The molecule has 7 heteroatoms. The molecule has 0 amide bonds. The van der Waals surface area contributed by atoms with Crippen LogP contribution in [0.1, 0.15) is 16.7 Å². The third kappa shape index (κ3) is 5.92. The number of nitrogens with one attached hydrogen (secondary N) is 1. The second kappa shape index (κ2) is 10.1. The van der Waals surface area contributed by atoms with E-state index in [1.165, 1.54) is 23.9 Å². The van der Waals surface area contributed by atoms with Gasteiger partial charge in [0.1, 0.15) is 11.1 Å². The zero-order chi connectivity index (χ0) is 22.4. The van der Waals surface area contributed by atoms with Crippen LogP contribution in [-0.2, 0) is 15.6 Å². The topological polar surface area (TPSA) is 70.0 Å². The third-order valence-corrected chi connectivity index (χ3v) is 7.59. The first-order chi connectivity index (χ1) is 14.8. The lowest BCUT2D eigenvalue weighted by molar-refractivity contribution is 0.603. The molecule has 0 radical (unpaired) electrons. The van der Waals surface area contributed by atoms with Crippen molar-refractivity contribution in [3.8, 4) is 6.07 Å². The van der Waals surface area contributed by atoms with Gasteiger partial charge in [0.15, 0.2) is 4.91 Å². The Labute approximate surface area is 192 Å². The molecule has 0 aliphatic heterocycles. The molecule has 0 aromatic heterocycles. The Morgan fingerprint density at radius 2 is 1.61 bits per heavy atom. The molecule has 0 atom stereocenters. The van der Waals surface area contributed by atoms with Crippen molar-refractivity contribution in [1.29, 1.82) is 5.26 Å². The number of nitriles is 1. The zero-order valence-corrected chi connectivity index (χ0v) is 19.5. The number of halogens is 1. The van der Waals surface area contributed by atoms with E-state index in [-0.39, 0.29) is 14.8 Å². The number of hydrogen-bond acceptors (Lipinski definition) is 5. The van der Waals surface area contributed by atoms with E-state index in [4.69, 9.17) is 11.6 Å². The highest BCUT2D eigenvalue weighted by atomic mass is 35.5. The van der Waals surface area contributed by atoms with E-state index in [2.05, 4.69) is 5.32 Å². The monoisotopic (exact) mass is 468 g/mol. The SMILES string of the molecule is Cc1cc(C)cc(NC(SCc2ccc(Cl)cc2)=C(C#N)S(=O)(=O)c2ccccc2)c1. The fraction of sp³-hybridized carbons (Fsp3) is 0.125. The van der Waals surface area contributed by atoms with Crippen LogP contribution in [0.2, 0.25) is 5.02 Å². The number of anilines is 1. The normalized spacial score (nSPS) is 12.1. The molecule has 0 aliphatic carbocycles. The van der Waals surface area contributed by atoms with Crippen LogP contribution in [0.4, 0.5) is 5.69 Å². The predicted molar refractivity (Wildman–Crippen MR) is 129 cm³/mol. The summed E-state index contributed by atoms with van der Waals surface area (Å²) in [5.74, 6) is 0.472. The zero-order valence-electron chi connectivity index (χ0n) is 17.1. The molecule has 31 heavy (non-hydrogen) atoms. The van der Waals surface area contributed by atoms with Crippen molar-refractivity contribution in [2.24, 2.45) is 0 Å². The summed E-state index contributed by atoms with van der Waals surface area (Å²) < 4.78 is 26.5. The number of hydrogen-bond donors (Lipinski definition) is 1. The van der Waals surface area contributed by atoms with Crippen LogP contribution < -0.4 is 5.32 Å². The maximum atomic E-state index is 13.2. The molecule has 3 rings (SSSR count). The number of aryl methyl sites for hydroxylation is 2. The second-order valence-corrected chi connectivity index (χ2v) is 10.3. The lowest BCUT2D eigenvalue weighted by Gasteiger charge is -2.15. The van der Waals surface area contributed by atoms with Crippen LogP contribution in [0.3, 0.4) is 0 Å². The maximum Gasteiger partial charge on any atom is 0.219 e. The highest BCUT2D eigenvalue weighted by Crippen LogP contribution is 2.32. The number of nitrogens with zero attached hydrogens (tertiary/aromatic N) is 1. The Kier molecular flexibility index (Phi) is 7.45. The van der Waals surface area contributed by atoms with Gasteiger partial charge in [-0.3, -0.25) is 0 Å². The van der Waals surface area contributed by atoms with Crippen LogP contribution in [0.15, 0.2) is 87.6 Å². The van der Waals surface area contributed by atoms with E-state index >= 15 is 0 Å². The van der Waals surface area contributed by atoms with Crippen molar-refractivity contribution in [3.05, 3.63) is 104 Å². The first-order valence-corrected chi connectivity index (χ1v) is 12.3. The number of thioether (sulfide) groups is 1. The van der Waals surface area contributed by atoms with Crippen LogP contribution in [0.5, 0.6) is 0 Å². The number of benzene rings is 3. The van der Waals surface area contributed by atoms with Crippen LogP contribution in [0, 0.1) is 25.2 Å². The summed E-state index contributed by atoms with van der Waals surface area (Å²) >= 11 is 7.23. The van der Waals surface area contributed by atoms with Gasteiger partial charge in [0, 0.05) is 16.5 Å². The summed E-state index contributed by atoms with van der Waals surface area (Å²) in [6, 6.07) is 23.1. The van der Waals surface area contributed by atoms with Gasteiger partial charge in [-0.05, 0) is 66.9 Å². The molecule has 1 N–H and O–H groups in total. The van der Waals surface area contributed by atoms with E-state index < -0.39 is 9.84 Å². The molecule has 158 valence electrons. The van der Waals surface area contributed by atoms with Gasteiger partial charge in [-0.1, -0.05) is 48.0 Å². The standard InChI is InChI=1S/C24H21ClN2O2S2/c1-17-12-18(2)14-21(13-17)27-24(30-16-19-8-10-20(25)11-9-19)23(15-26)31(28,29)22-6-4-3-5-7-22/h3-14,27H,16H2,1-2H3. The van der Waals surface area contributed by atoms with Crippen LogP contribution in [-0.4, -0.2) is 8.42 Å². The minimum Gasteiger partial charge on any atom is -0.349 e. The quantitative estimate of drug-likeness (QED) is 0.402. The molecule has 0 saturated carbocycles. The minimum absolute atomic E-state index is 0.0818. The maximum absolute atomic E-state index is 13.2. The van der Waals surface area contributed by atoms with Crippen molar-refractivity contribution in [2.75, 3.05) is 5.32 Å². The summed E-state index contributed by atoms with van der Waals surface area (Å²) in [5.41, 5.74) is 3.76. The molecule has 0 spiro atoms. The van der Waals surface area contributed by atoms with Gasteiger partial charge in [0.05, 0.1) is 4.90 Å². The van der Waals surface area contributed by atoms with E-state index in [1.54, 1.807) is 30.3 Å². The summed E-state index contributed by atoms with van der Waals surface area (Å²) in [7, 11) is -3.99. The average Bonchev–Trinajstić information content (AvgIpc) is 2.73. The highest BCUT2D eigenvalue weighted by molar-refractivity contribution is 8.04. The Hall–Kier alpha value is -2.72. The van der Waals surface area contributed by atoms with Gasteiger partial charge in [-0.25, -0.2) is 8.42 Å². The Bertz CT molecular complexity index is 1230. The molecule has 0 heterocycles. The number of rotatable bonds is 7. The largest absolute Gasteiger partial charge is 0.349 e. The van der Waals surface area contributed by atoms with Gasteiger partial charge in [0.2, 0.25) is 9.84 Å². The van der Waals surface area contributed by atoms with Crippen LogP contribution >= 0.6 is 23.4 Å². The first kappa shape index (κ1) is 23.0. The third-order valence-electron chi connectivity index (χ3n) is 4.41. The summed E-state index contributed by atoms with van der Waals surface area (Å²) in [6.45, 7) is 3.93. The van der Waals surface area contributed by atoms with Crippen molar-refractivity contribution in [2.45, 2.75) is 24.5 Å². The van der Waals surface area contributed by atoms with Gasteiger partial charge in [0.25, 0.3) is 0 Å². The molecule has 0 saturated heterocycles. The lowest BCUT2D eigenvalue weighted by Crippen LogP contribution is -2.10. The van der Waals surface area contributed by atoms with Crippen molar-refractivity contribution < 1.29 is 8.42 Å². The number of sulfone groups is 1. The van der Waals surface area contributed by atoms with Gasteiger partial charge in [-0.15, -0.1) is 11.8 Å². The van der Waals surface area contributed by atoms with E-state index in [0.717, 1.165) is 22.4 Å². The van der Waals surface area contributed by atoms with Gasteiger partial charge >= 0.3 is 0 Å². The lowest BCUT2D eigenvalue weighted by atomic mass is 10.1. The van der Waals surface area contributed by atoms with E-state index in [1.807, 2.05) is 50.2 Å². The molecule has 0 fully saturated rings. The van der Waals surface area contributed by atoms with Crippen LogP contribution in [0.25, 0.3) is 0 Å². The fourth-order valence-electron chi connectivity index (χ4n) is 3.02. The average molecular weight is 469 g/mol. The Morgan fingerprint density at radius 1 is 1.00 bits per heavy atom. The molecule has 0 bridgehead atoms. The first-order valence-electron chi connectivity index (χ1n) is 9.46. The van der Waals surface area contributed by atoms with Crippen molar-refractivity contribution in [3.63, 3.8) is 0 Å². The minimum atomic E-state index is -3.99. The Balaban J connectivity index is 2.05. The van der Waals surface area contributed by atoms with Gasteiger partial charge < -0.3 is 5.32 Å². The van der Waals surface area contributed by atoms with E-state index in [0.29, 0.717) is 10.8 Å². The fourth-order valence-corrected chi connectivity index (χ4v) is 5.69. The molecule has 3 aromatic rings. The summed E-state index contributed by atoms with van der Waals surface area (Å²) in [5, 5.41) is 14.0. The smallest absolute Gasteiger partial charge is 0.219 e. The second-order valence-electron chi connectivity index (χ2n) is 7.00. The van der Waals surface area contributed by atoms with Crippen molar-refractivity contribution in [1.82, 2.24) is 0 Å².